The molecule has 0 spiro atoms. The largest absolute Gasteiger partial charge is 0.444 e. The lowest BCUT2D eigenvalue weighted by atomic mass is 10.0. The molecule has 0 aromatic heterocycles. The zero-order chi connectivity index (χ0) is 15.9. The first-order valence-corrected chi connectivity index (χ1v) is 8.57. The SMILES string of the molecule is CCC(CC)CNC1CCCN(C(=O)OC(C)(C)C)CC1. The summed E-state index contributed by atoms with van der Waals surface area (Å²) in [5, 5.41) is 3.69. The predicted molar refractivity (Wildman–Crippen MR) is 87.5 cm³/mol. The third-order valence-electron chi connectivity index (χ3n) is 4.23. The number of carbonyl (C=O) groups is 1. The molecule has 1 aliphatic heterocycles. The van der Waals surface area contributed by atoms with Gasteiger partial charge in [-0.1, -0.05) is 26.7 Å². The van der Waals surface area contributed by atoms with Crippen LogP contribution in [-0.4, -0.2) is 42.3 Å². The van der Waals surface area contributed by atoms with Crippen molar-refractivity contribution in [2.24, 2.45) is 5.92 Å². The zero-order valence-corrected chi connectivity index (χ0v) is 14.6. The Balaban J connectivity index is 2.38. The van der Waals surface area contributed by atoms with Gasteiger partial charge in [0.25, 0.3) is 0 Å². The van der Waals surface area contributed by atoms with E-state index in [4.69, 9.17) is 4.74 Å². The molecule has 124 valence electrons. The van der Waals surface area contributed by atoms with Gasteiger partial charge in [0.1, 0.15) is 5.60 Å². The van der Waals surface area contributed by atoms with Crippen molar-refractivity contribution in [3.05, 3.63) is 0 Å². The highest BCUT2D eigenvalue weighted by atomic mass is 16.6. The monoisotopic (exact) mass is 298 g/mol. The van der Waals surface area contributed by atoms with Gasteiger partial charge in [0, 0.05) is 19.1 Å². The van der Waals surface area contributed by atoms with Crippen molar-refractivity contribution in [2.45, 2.75) is 78.4 Å². The second kappa shape index (κ2) is 8.62. The number of hydrogen-bond donors (Lipinski definition) is 1. The molecule has 1 aliphatic rings. The van der Waals surface area contributed by atoms with Crippen LogP contribution in [0, 0.1) is 5.92 Å². The molecule has 0 bridgehead atoms. The summed E-state index contributed by atoms with van der Waals surface area (Å²) in [4.78, 5) is 14.0. The molecule has 1 amide bonds. The summed E-state index contributed by atoms with van der Waals surface area (Å²) in [6.45, 7) is 13.0. The average molecular weight is 298 g/mol. The van der Waals surface area contributed by atoms with Gasteiger partial charge in [0.05, 0.1) is 0 Å². The van der Waals surface area contributed by atoms with Crippen molar-refractivity contribution in [1.82, 2.24) is 10.2 Å². The van der Waals surface area contributed by atoms with E-state index in [1.54, 1.807) is 0 Å². The number of rotatable bonds is 5. The molecule has 4 nitrogen and oxygen atoms in total. The highest BCUT2D eigenvalue weighted by Gasteiger charge is 2.25. The fourth-order valence-corrected chi connectivity index (χ4v) is 2.72. The van der Waals surface area contributed by atoms with Crippen LogP contribution in [0.4, 0.5) is 4.79 Å². The zero-order valence-electron chi connectivity index (χ0n) is 14.6. The third-order valence-corrected chi connectivity index (χ3v) is 4.23. The summed E-state index contributed by atoms with van der Waals surface area (Å²) >= 11 is 0. The molecule has 1 saturated heterocycles. The molecule has 1 unspecified atom stereocenters. The van der Waals surface area contributed by atoms with Crippen molar-refractivity contribution < 1.29 is 9.53 Å². The summed E-state index contributed by atoms with van der Waals surface area (Å²) in [6.07, 6.45) is 5.54. The van der Waals surface area contributed by atoms with Crippen molar-refractivity contribution in [3.8, 4) is 0 Å². The lowest BCUT2D eigenvalue weighted by Crippen LogP contribution is -2.38. The van der Waals surface area contributed by atoms with Crippen LogP contribution in [0.2, 0.25) is 0 Å². The Morgan fingerprint density at radius 1 is 1.24 bits per heavy atom. The second-order valence-electron chi connectivity index (χ2n) is 7.19. The first kappa shape index (κ1) is 18.3. The molecular weight excluding hydrogens is 264 g/mol. The minimum atomic E-state index is -0.406. The number of likely N-dealkylation sites (tertiary alicyclic amines) is 1. The standard InChI is InChI=1S/C17H34N2O2/c1-6-14(7-2)13-18-15-9-8-11-19(12-10-15)16(20)21-17(3,4)5/h14-15,18H,6-13H2,1-5H3. The Morgan fingerprint density at radius 2 is 1.90 bits per heavy atom. The fraction of sp³-hybridized carbons (Fsp3) is 0.941. The quantitative estimate of drug-likeness (QED) is 0.839. The Kier molecular flexibility index (Phi) is 7.50. The van der Waals surface area contributed by atoms with Gasteiger partial charge in [-0.25, -0.2) is 4.79 Å². The molecule has 0 aromatic rings. The van der Waals surface area contributed by atoms with Crippen molar-refractivity contribution in [3.63, 3.8) is 0 Å². The third kappa shape index (κ3) is 7.16. The number of hydrogen-bond acceptors (Lipinski definition) is 3. The maximum atomic E-state index is 12.1. The van der Waals surface area contributed by atoms with Crippen LogP contribution < -0.4 is 5.32 Å². The van der Waals surface area contributed by atoms with Gasteiger partial charge < -0.3 is 15.0 Å². The summed E-state index contributed by atoms with van der Waals surface area (Å²) in [7, 11) is 0. The normalized spacial score (nSPS) is 20.5. The Morgan fingerprint density at radius 3 is 2.48 bits per heavy atom. The van der Waals surface area contributed by atoms with Crippen LogP contribution in [0.25, 0.3) is 0 Å². The van der Waals surface area contributed by atoms with Crippen LogP contribution in [0.1, 0.15) is 66.7 Å². The molecule has 1 rings (SSSR count). The van der Waals surface area contributed by atoms with E-state index in [0.29, 0.717) is 6.04 Å². The van der Waals surface area contributed by atoms with Crippen molar-refractivity contribution >= 4 is 6.09 Å². The summed E-state index contributed by atoms with van der Waals surface area (Å²) in [5.41, 5.74) is -0.406. The summed E-state index contributed by atoms with van der Waals surface area (Å²) in [5.74, 6) is 0.773. The fourth-order valence-electron chi connectivity index (χ4n) is 2.72. The van der Waals surface area contributed by atoms with E-state index in [2.05, 4.69) is 19.2 Å². The van der Waals surface area contributed by atoms with Gasteiger partial charge in [-0.15, -0.1) is 0 Å². The van der Waals surface area contributed by atoms with Crippen LogP contribution >= 0.6 is 0 Å². The van der Waals surface area contributed by atoms with Crippen molar-refractivity contribution in [2.75, 3.05) is 19.6 Å². The second-order valence-corrected chi connectivity index (χ2v) is 7.19. The highest BCUT2D eigenvalue weighted by Crippen LogP contribution is 2.16. The van der Waals surface area contributed by atoms with Gasteiger partial charge in [-0.3, -0.25) is 0 Å². The molecule has 0 aliphatic carbocycles. The van der Waals surface area contributed by atoms with Crippen LogP contribution in [0.5, 0.6) is 0 Å². The van der Waals surface area contributed by atoms with E-state index in [1.165, 1.54) is 12.8 Å². The minimum Gasteiger partial charge on any atom is -0.444 e. The summed E-state index contributed by atoms with van der Waals surface area (Å²) < 4.78 is 5.47. The van der Waals surface area contributed by atoms with Crippen molar-refractivity contribution in [1.29, 1.82) is 0 Å². The predicted octanol–water partition coefficient (Wildman–Crippen LogP) is 3.80. The number of nitrogens with one attached hydrogen (secondary N) is 1. The van der Waals surface area contributed by atoms with E-state index in [-0.39, 0.29) is 6.09 Å². The Bertz CT molecular complexity index is 308. The lowest BCUT2D eigenvalue weighted by Gasteiger charge is -2.26. The maximum absolute atomic E-state index is 12.1. The first-order valence-electron chi connectivity index (χ1n) is 8.57. The van der Waals surface area contributed by atoms with Crippen LogP contribution in [-0.2, 0) is 4.74 Å². The van der Waals surface area contributed by atoms with Crippen LogP contribution in [0.15, 0.2) is 0 Å². The molecule has 0 aromatic carbocycles. The topological polar surface area (TPSA) is 41.6 Å². The van der Waals surface area contributed by atoms with E-state index in [1.807, 2.05) is 25.7 Å². The Labute approximate surface area is 130 Å². The lowest BCUT2D eigenvalue weighted by molar-refractivity contribution is 0.0256. The number of nitrogens with zero attached hydrogens (tertiary/aromatic N) is 1. The highest BCUT2D eigenvalue weighted by molar-refractivity contribution is 5.68. The summed E-state index contributed by atoms with van der Waals surface area (Å²) in [6, 6.07) is 0.540. The molecule has 0 radical (unpaired) electrons. The van der Waals surface area contributed by atoms with Gasteiger partial charge in [-0.2, -0.15) is 0 Å². The molecule has 1 atom stereocenters. The van der Waals surface area contributed by atoms with E-state index >= 15 is 0 Å². The maximum Gasteiger partial charge on any atom is 0.410 e. The molecule has 21 heavy (non-hydrogen) atoms. The van der Waals surface area contributed by atoms with Gasteiger partial charge in [0.15, 0.2) is 0 Å². The van der Waals surface area contributed by atoms with Gasteiger partial charge in [0.2, 0.25) is 0 Å². The number of amides is 1. The molecule has 0 saturated carbocycles. The number of ether oxygens (including phenoxy) is 1. The molecule has 4 heteroatoms. The van der Waals surface area contributed by atoms with E-state index < -0.39 is 5.60 Å². The van der Waals surface area contributed by atoms with Crippen LogP contribution in [0.3, 0.4) is 0 Å². The van der Waals surface area contributed by atoms with Gasteiger partial charge in [-0.05, 0) is 52.5 Å². The van der Waals surface area contributed by atoms with Gasteiger partial charge >= 0.3 is 6.09 Å². The molecule has 1 fully saturated rings. The minimum absolute atomic E-state index is 0.164. The van der Waals surface area contributed by atoms with E-state index in [9.17, 15) is 4.79 Å². The Hall–Kier alpha value is -0.770. The number of carbonyl (C=O) groups excluding carboxylic acids is 1. The van der Waals surface area contributed by atoms with E-state index in [0.717, 1.165) is 44.8 Å². The molecular formula is C17H34N2O2. The first-order chi connectivity index (χ1) is 9.85. The smallest absolute Gasteiger partial charge is 0.410 e. The average Bonchev–Trinajstić information content (AvgIpc) is 2.63. The molecule has 1 heterocycles. The molecule has 1 N–H and O–H groups in total.